The molecule has 0 aliphatic rings. The number of aromatic nitrogens is 1. The van der Waals surface area contributed by atoms with Gasteiger partial charge in [-0.2, -0.15) is 4.57 Å². The van der Waals surface area contributed by atoms with Crippen LogP contribution in [-0.4, -0.2) is 13.1 Å². The SMILES string of the molecule is CCN(CC)c1ccc(C=Cc2cc(-c3ccc(Br)cc3)cc(-c3ccc(Br)cc3)[n+]2C)cc1F. The molecular formula is C30H28Br2FN2+. The van der Waals surface area contributed by atoms with Crippen molar-refractivity contribution < 1.29 is 8.96 Å². The van der Waals surface area contributed by atoms with E-state index >= 15 is 0 Å². The molecule has 0 aliphatic carbocycles. The molecule has 1 aromatic heterocycles. The second-order valence-electron chi connectivity index (χ2n) is 8.34. The third kappa shape index (κ3) is 5.91. The van der Waals surface area contributed by atoms with Gasteiger partial charge in [-0.3, -0.25) is 0 Å². The van der Waals surface area contributed by atoms with Gasteiger partial charge >= 0.3 is 0 Å². The monoisotopic (exact) mass is 593 g/mol. The third-order valence-corrected chi connectivity index (χ3v) is 7.24. The number of anilines is 1. The van der Waals surface area contributed by atoms with Crippen LogP contribution in [0.1, 0.15) is 25.1 Å². The smallest absolute Gasteiger partial charge is 0.213 e. The van der Waals surface area contributed by atoms with E-state index in [9.17, 15) is 4.39 Å². The van der Waals surface area contributed by atoms with Crippen LogP contribution in [0, 0.1) is 5.82 Å². The lowest BCUT2D eigenvalue weighted by Crippen LogP contribution is -2.34. The minimum atomic E-state index is -0.195. The highest BCUT2D eigenvalue weighted by atomic mass is 79.9. The van der Waals surface area contributed by atoms with Gasteiger partial charge in [0.25, 0.3) is 0 Å². The average molecular weight is 595 g/mol. The van der Waals surface area contributed by atoms with Crippen LogP contribution in [-0.2, 0) is 7.05 Å². The van der Waals surface area contributed by atoms with E-state index in [1.54, 1.807) is 6.07 Å². The first-order chi connectivity index (χ1) is 16.9. The lowest BCUT2D eigenvalue weighted by atomic mass is 10.0. The molecule has 35 heavy (non-hydrogen) atoms. The molecule has 178 valence electrons. The summed E-state index contributed by atoms with van der Waals surface area (Å²) < 4.78 is 19.1. The molecule has 0 amide bonds. The number of nitrogens with zero attached hydrogens (tertiary/aromatic N) is 2. The number of rotatable bonds is 7. The highest BCUT2D eigenvalue weighted by Crippen LogP contribution is 2.28. The molecule has 5 heteroatoms. The molecule has 0 aliphatic heterocycles. The topological polar surface area (TPSA) is 7.12 Å². The zero-order valence-electron chi connectivity index (χ0n) is 20.1. The van der Waals surface area contributed by atoms with Crippen molar-refractivity contribution >= 4 is 49.7 Å². The van der Waals surface area contributed by atoms with E-state index in [4.69, 9.17) is 0 Å². The van der Waals surface area contributed by atoms with Crippen molar-refractivity contribution in [1.29, 1.82) is 0 Å². The number of hydrogen-bond donors (Lipinski definition) is 0. The predicted octanol–water partition coefficient (Wildman–Crippen LogP) is 8.53. The predicted molar refractivity (Wildman–Crippen MR) is 153 cm³/mol. The third-order valence-electron chi connectivity index (χ3n) is 6.18. The first kappa shape index (κ1) is 25.3. The molecule has 0 fully saturated rings. The fourth-order valence-corrected chi connectivity index (χ4v) is 4.71. The quantitative estimate of drug-likeness (QED) is 0.194. The van der Waals surface area contributed by atoms with Crippen molar-refractivity contribution in [2.24, 2.45) is 7.05 Å². The lowest BCUT2D eigenvalue weighted by Gasteiger charge is -2.21. The summed E-state index contributed by atoms with van der Waals surface area (Å²) in [6.45, 7) is 5.64. The molecular weight excluding hydrogens is 567 g/mol. The highest BCUT2D eigenvalue weighted by molar-refractivity contribution is 9.10. The molecule has 0 saturated carbocycles. The van der Waals surface area contributed by atoms with Gasteiger partial charge < -0.3 is 4.90 Å². The lowest BCUT2D eigenvalue weighted by molar-refractivity contribution is -0.662. The molecule has 0 spiro atoms. The molecule has 4 aromatic rings. The Morgan fingerprint density at radius 3 is 1.91 bits per heavy atom. The van der Waals surface area contributed by atoms with Gasteiger partial charge in [0.1, 0.15) is 12.9 Å². The minimum Gasteiger partial charge on any atom is -0.370 e. The van der Waals surface area contributed by atoms with Gasteiger partial charge in [-0.25, -0.2) is 4.39 Å². The molecule has 0 saturated heterocycles. The molecule has 1 heterocycles. The first-order valence-electron chi connectivity index (χ1n) is 11.7. The Kier molecular flexibility index (Phi) is 8.19. The van der Waals surface area contributed by atoms with Crippen molar-refractivity contribution in [3.63, 3.8) is 0 Å². The van der Waals surface area contributed by atoms with Crippen LogP contribution in [0.2, 0.25) is 0 Å². The molecule has 2 nitrogen and oxygen atoms in total. The van der Waals surface area contributed by atoms with E-state index in [0.29, 0.717) is 5.69 Å². The van der Waals surface area contributed by atoms with Crippen LogP contribution in [0.15, 0.2) is 87.8 Å². The Morgan fingerprint density at radius 1 is 0.743 bits per heavy atom. The van der Waals surface area contributed by atoms with Crippen molar-refractivity contribution in [3.05, 3.63) is 105 Å². The summed E-state index contributed by atoms with van der Waals surface area (Å²) >= 11 is 7.06. The van der Waals surface area contributed by atoms with Gasteiger partial charge in [0, 0.05) is 45.8 Å². The Labute approximate surface area is 224 Å². The second-order valence-corrected chi connectivity index (χ2v) is 10.2. The van der Waals surface area contributed by atoms with E-state index in [-0.39, 0.29) is 5.82 Å². The maximum absolute atomic E-state index is 14.8. The summed E-state index contributed by atoms with van der Waals surface area (Å²) in [6.07, 6.45) is 4.03. The van der Waals surface area contributed by atoms with Gasteiger partial charge in [0.15, 0.2) is 0 Å². The van der Waals surface area contributed by atoms with Crippen LogP contribution in [0.4, 0.5) is 10.1 Å². The normalized spacial score (nSPS) is 11.3. The minimum absolute atomic E-state index is 0.195. The molecule has 0 unspecified atom stereocenters. The standard InChI is InChI=1S/C30H28Br2FN2/c1-4-35(5-2)29-17-7-21(18-28(29)33)6-16-27-19-24(22-8-12-25(31)13-9-22)20-30(34(27)3)23-10-14-26(32)15-11-23/h6-20H,4-5H2,1-3H3/q+1. The Hall–Kier alpha value is -2.76. The Balaban J connectivity index is 1.77. The fraction of sp³-hybridized carbons (Fsp3) is 0.167. The molecule has 0 atom stereocenters. The van der Waals surface area contributed by atoms with E-state index in [1.165, 1.54) is 0 Å². The number of hydrogen-bond acceptors (Lipinski definition) is 1. The van der Waals surface area contributed by atoms with E-state index in [2.05, 4.69) is 110 Å². The van der Waals surface area contributed by atoms with Crippen molar-refractivity contribution in [2.75, 3.05) is 18.0 Å². The zero-order valence-corrected chi connectivity index (χ0v) is 23.3. The van der Waals surface area contributed by atoms with Gasteiger partial charge in [-0.05, 0) is 85.1 Å². The summed E-state index contributed by atoms with van der Waals surface area (Å²) in [5, 5.41) is 0. The van der Waals surface area contributed by atoms with Crippen molar-refractivity contribution in [1.82, 2.24) is 0 Å². The van der Waals surface area contributed by atoms with Gasteiger partial charge in [-0.1, -0.05) is 50.1 Å². The summed E-state index contributed by atoms with van der Waals surface area (Å²) in [7, 11) is 2.06. The highest BCUT2D eigenvalue weighted by Gasteiger charge is 2.17. The zero-order chi connectivity index (χ0) is 24.9. The largest absolute Gasteiger partial charge is 0.370 e. The molecule has 0 radical (unpaired) electrons. The van der Waals surface area contributed by atoms with Crippen LogP contribution in [0.25, 0.3) is 34.5 Å². The summed E-state index contributed by atoms with van der Waals surface area (Å²) in [5.74, 6) is -0.195. The number of halogens is 3. The second kappa shape index (κ2) is 11.3. The Morgan fingerprint density at radius 2 is 1.34 bits per heavy atom. The summed E-state index contributed by atoms with van der Waals surface area (Å²) in [6, 6.07) is 26.5. The maximum atomic E-state index is 14.8. The first-order valence-corrected chi connectivity index (χ1v) is 13.3. The summed E-state index contributed by atoms with van der Waals surface area (Å²) in [5.41, 5.74) is 6.98. The fourth-order valence-electron chi connectivity index (χ4n) is 4.18. The van der Waals surface area contributed by atoms with Gasteiger partial charge in [0.05, 0.1) is 5.69 Å². The van der Waals surface area contributed by atoms with Crippen LogP contribution in [0.5, 0.6) is 0 Å². The van der Waals surface area contributed by atoms with Crippen molar-refractivity contribution in [2.45, 2.75) is 13.8 Å². The Bertz CT molecular complexity index is 1340. The maximum Gasteiger partial charge on any atom is 0.213 e. The number of benzene rings is 3. The number of pyridine rings is 1. The van der Waals surface area contributed by atoms with Gasteiger partial charge in [0.2, 0.25) is 11.4 Å². The van der Waals surface area contributed by atoms with Crippen LogP contribution >= 0.6 is 31.9 Å². The van der Waals surface area contributed by atoms with E-state index in [0.717, 1.165) is 55.7 Å². The molecule has 4 rings (SSSR count). The van der Waals surface area contributed by atoms with Crippen molar-refractivity contribution in [3.8, 4) is 22.4 Å². The van der Waals surface area contributed by atoms with Crippen LogP contribution < -0.4 is 9.47 Å². The van der Waals surface area contributed by atoms with E-state index in [1.807, 2.05) is 37.0 Å². The molecule has 0 N–H and O–H groups in total. The molecule has 0 bridgehead atoms. The van der Waals surface area contributed by atoms with E-state index < -0.39 is 0 Å². The average Bonchev–Trinajstić information content (AvgIpc) is 2.86. The molecule has 3 aromatic carbocycles. The van der Waals surface area contributed by atoms with Crippen LogP contribution in [0.3, 0.4) is 0 Å². The van der Waals surface area contributed by atoms with Gasteiger partial charge in [-0.15, -0.1) is 0 Å². The summed E-state index contributed by atoms with van der Waals surface area (Å²) in [4.78, 5) is 2.02.